The Labute approximate surface area is 730 Å². The number of furan rings is 1. The Balaban J connectivity index is 0.643. The maximum atomic E-state index is 6.52. The van der Waals surface area contributed by atoms with Gasteiger partial charge in [0.05, 0.1) is 66.2 Å². The fraction of sp³-hybridized carbons (Fsp3) is 0. The van der Waals surface area contributed by atoms with Crippen LogP contribution in [0.25, 0.3) is 178 Å². The monoisotopic (exact) mass is 1650 g/mol. The summed E-state index contributed by atoms with van der Waals surface area (Å²) >= 11 is 0. The number of pyridine rings is 2. The van der Waals surface area contributed by atoms with Gasteiger partial charge in [0.25, 0.3) is 0 Å². The van der Waals surface area contributed by atoms with Crippen LogP contribution >= 0.6 is 0 Å². The molecule has 0 bridgehead atoms. The number of imidazole rings is 4. The highest BCUT2D eigenvalue weighted by molar-refractivity contribution is 7.20. The molecular weight excluding hydrogens is 1580 g/mol. The second kappa shape index (κ2) is 28.5. The minimum Gasteiger partial charge on any atom is -0.456 e. The van der Waals surface area contributed by atoms with Crippen molar-refractivity contribution in [3.05, 3.63) is 449 Å². The molecule has 0 spiro atoms. The van der Waals surface area contributed by atoms with Gasteiger partial charge < -0.3 is 4.42 Å². The molecule has 0 saturated heterocycles. The van der Waals surface area contributed by atoms with Gasteiger partial charge in [-0.15, -0.1) is 0 Å². The number of fused-ring (bicyclic) bond motifs is 19. The third kappa shape index (κ3) is 11.0. The first-order valence-corrected chi connectivity index (χ1v) is 47.2. The molecule has 9 heterocycles. The van der Waals surface area contributed by atoms with Crippen molar-refractivity contribution in [1.82, 2.24) is 47.0 Å². The number of hydrogen-bond acceptors (Lipinski definition) is 5. The van der Waals surface area contributed by atoms with Crippen LogP contribution in [0.2, 0.25) is 0 Å². The number of benzene rings is 17. The van der Waals surface area contributed by atoms with Crippen LogP contribution in [0.5, 0.6) is 0 Å². The molecule has 9 aromatic heterocycles. The molecule has 0 aliphatic heterocycles. The lowest BCUT2D eigenvalue weighted by atomic mass is 10.1. The van der Waals surface area contributed by atoms with Crippen LogP contribution in [-0.4, -0.2) is 63.2 Å². The van der Waals surface area contributed by atoms with Gasteiger partial charge in [-0.2, -0.15) is 0 Å². The molecule has 127 heavy (non-hydrogen) atoms. The van der Waals surface area contributed by atoms with Crippen molar-refractivity contribution in [2.75, 3.05) is 0 Å². The van der Waals surface area contributed by atoms with Gasteiger partial charge in [-0.3, -0.25) is 27.1 Å². The average Bonchev–Trinajstić information content (AvgIpc) is 1.64. The van der Waals surface area contributed by atoms with Crippen LogP contribution in [0.3, 0.4) is 0 Å². The summed E-state index contributed by atoms with van der Waals surface area (Å²) in [5.74, 6) is 4.61. The predicted octanol–water partition coefficient (Wildman–Crippen LogP) is 21.8. The zero-order valence-corrected chi connectivity index (χ0v) is 70.6. The number of aromatic nitrogens is 10. The summed E-state index contributed by atoms with van der Waals surface area (Å²) in [4.78, 5) is 22.9. The van der Waals surface area contributed by atoms with Crippen molar-refractivity contribution < 1.29 is 4.42 Å². The summed E-state index contributed by atoms with van der Waals surface area (Å²) in [5, 5.41) is 17.1. The molecule has 0 unspecified atom stereocenters. The maximum Gasteiger partial charge on any atom is 0.221 e. The van der Waals surface area contributed by atoms with Crippen molar-refractivity contribution in [3.63, 3.8) is 0 Å². The molecule has 0 atom stereocenters. The number of hydrogen-bond donors (Lipinski definition) is 0. The summed E-state index contributed by atoms with van der Waals surface area (Å²) in [7, 11) is -6.36. The molecule has 13 heteroatoms. The van der Waals surface area contributed by atoms with Crippen molar-refractivity contribution in [2.45, 2.75) is 0 Å². The van der Waals surface area contributed by atoms with Crippen LogP contribution in [0, 0.1) is 0 Å². The van der Waals surface area contributed by atoms with Crippen LogP contribution < -0.4 is 41.5 Å². The van der Waals surface area contributed by atoms with Gasteiger partial charge in [-0.05, 0) is 184 Å². The molecule has 17 aromatic carbocycles. The van der Waals surface area contributed by atoms with Gasteiger partial charge in [0.2, 0.25) is 11.6 Å². The summed E-state index contributed by atoms with van der Waals surface area (Å²) in [6.07, 6.45) is 0. The second-order valence-electron chi connectivity index (χ2n) is 33.2. The Kier molecular flexibility index (Phi) is 16.2. The Morgan fingerprint density at radius 1 is 0.173 bits per heavy atom. The fourth-order valence-corrected chi connectivity index (χ4v) is 30.6. The van der Waals surface area contributed by atoms with Gasteiger partial charge in [-0.25, -0.2) is 19.9 Å². The molecule has 0 N–H and O–H groups in total. The smallest absolute Gasteiger partial charge is 0.221 e. The third-order valence-corrected chi connectivity index (χ3v) is 36.1. The fourth-order valence-electron chi connectivity index (χ4n) is 21.0. The van der Waals surface area contributed by atoms with Gasteiger partial charge in [-0.1, -0.05) is 340 Å². The molecule has 0 fully saturated rings. The standard InChI is InChI=1S/C114H74N10OSi2/c1-5-33-81(34-6-1)126(82-35-7-2-8-36-82,88-64-66-108-94(74-88)93-47-17-28-58-107(93)125-108)85-62-59-75(60-63-85)79-70-111(123-105-56-26-24-54-103(105)121-101-53-23-18-48-95(101)115-113(121)123)118-112(71-79)124-106-57-27-25-55-104(106)122-102-65-61-78(69-96(102)116-114(122)124)76-31-29-41-86(67-76)127(83-37-9-3-10-38-83,84-39-11-4-12-40-84)87-42-30-32-77(68-87)80-72-109(119-97-49-19-13-43-89(97)90-44-14-20-50-98(90)119)117-110(73-80)120-99-51-21-15-45-91(99)92-46-16-22-52-100(92)120/h1-74H. The van der Waals surface area contributed by atoms with Crippen molar-refractivity contribution in [2.24, 2.45) is 0 Å². The first kappa shape index (κ1) is 72.1. The Morgan fingerprint density at radius 3 is 0.984 bits per heavy atom. The quantitative estimate of drug-likeness (QED) is 0.0753. The van der Waals surface area contributed by atoms with Gasteiger partial charge >= 0.3 is 0 Å². The van der Waals surface area contributed by atoms with Crippen LogP contribution in [0.1, 0.15) is 0 Å². The summed E-state index contributed by atoms with van der Waals surface area (Å²) in [5.41, 5.74) is 20.2. The lowest BCUT2D eigenvalue weighted by molar-refractivity contribution is 0.669. The number of nitrogens with zero attached hydrogens (tertiary/aromatic N) is 10. The topological polar surface area (TPSA) is 93.2 Å². The highest BCUT2D eigenvalue weighted by Crippen LogP contribution is 2.41. The first-order chi connectivity index (χ1) is 63.0. The number of para-hydroxylation sites is 11. The lowest BCUT2D eigenvalue weighted by Crippen LogP contribution is -2.74. The van der Waals surface area contributed by atoms with E-state index < -0.39 is 16.1 Å². The zero-order chi connectivity index (χ0) is 83.4. The van der Waals surface area contributed by atoms with Crippen LogP contribution in [-0.2, 0) is 0 Å². The maximum absolute atomic E-state index is 6.52. The van der Waals surface area contributed by atoms with Crippen molar-refractivity contribution in [3.8, 4) is 56.7 Å². The Hall–Kier alpha value is -16.6. The van der Waals surface area contributed by atoms with E-state index in [1.54, 1.807) is 0 Å². The van der Waals surface area contributed by atoms with E-state index in [2.05, 4.69) is 470 Å². The molecule has 594 valence electrons. The largest absolute Gasteiger partial charge is 0.456 e. The van der Waals surface area contributed by atoms with E-state index in [1.807, 2.05) is 6.07 Å². The van der Waals surface area contributed by atoms with E-state index in [0.29, 0.717) is 11.6 Å². The molecule has 0 aliphatic rings. The third-order valence-electron chi connectivity index (χ3n) is 26.5. The van der Waals surface area contributed by atoms with E-state index in [0.717, 1.165) is 145 Å². The van der Waals surface area contributed by atoms with Crippen molar-refractivity contribution in [1.29, 1.82) is 0 Å². The minimum atomic E-state index is -3.28. The molecule has 0 amide bonds. The summed E-state index contributed by atoms with van der Waals surface area (Å²) < 4.78 is 20.3. The van der Waals surface area contributed by atoms with Crippen LogP contribution in [0.4, 0.5) is 0 Å². The molecule has 26 rings (SSSR count). The molecule has 0 radical (unpaired) electrons. The SMILES string of the molecule is c1ccc([Si](c2ccccc2)(c2cccc(-c3cc(-n4c5ccccc5c5ccccc54)nc(-n4c5ccccc5c5ccccc54)c3)c2)c2cccc(-c3ccc4c(c3)nc3n(-c5cc(-c6ccc([Si](c7ccccc7)(c7ccccc7)c7ccc8oc9ccccc9c8c7)cc6)cc(-n6c7ccccc7n7c8ccccc8nc67)n5)c5ccccc5n43)c2)cc1. The normalized spacial score (nSPS) is 12.3. The van der Waals surface area contributed by atoms with Gasteiger partial charge in [0.15, 0.2) is 16.1 Å². The molecule has 0 aliphatic carbocycles. The molecule has 26 aromatic rings. The predicted molar refractivity (Wildman–Crippen MR) is 528 cm³/mol. The van der Waals surface area contributed by atoms with E-state index in [4.69, 9.17) is 24.4 Å². The first-order valence-electron chi connectivity index (χ1n) is 43.2. The van der Waals surface area contributed by atoms with Crippen molar-refractivity contribution >= 4 is 179 Å². The zero-order valence-electron chi connectivity index (χ0n) is 68.6. The van der Waals surface area contributed by atoms with E-state index in [1.165, 1.54) is 63.0 Å². The average molecular weight is 1660 g/mol. The van der Waals surface area contributed by atoms with Gasteiger partial charge in [0, 0.05) is 32.3 Å². The van der Waals surface area contributed by atoms with E-state index in [-0.39, 0.29) is 0 Å². The minimum absolute atomic E-state index is 0.708. The Bertz CT molecular complexity index is 8610. The molecular formula is C114H74N10OSi2. The highest BCUT2D eigenvalue weighted by atomic mass is 28.3. The van der Waals surface area contributed by atoms with Crippen LogP contribution in [0.15, 0.2) is 453 Å². The van der Waals surface area contributed by atoms with E-state index >= 15 is 0 Å². The van der Waals surface area contributed by atoms with E-state index in [9.17, 15) is 0 Å². The highest BCUT2D eigenvalue weighted by Gasteiger charge is 2.44. The lowest BCUT2D eigenvalue weighted by Gasteiger charge is -2.35. The van der Waals surface area contributed by atoms with Gasteiger partial charge in [0.1, 0.15) is 34.4 Å². The molecule has 0 saturated carbocycles. The Morgan fingerprint density at radius 2 is 0.496 bits per heavy atom. The second-order valence-corrected chi connectivity index (χ2v) is 40.8. The number of rotatable bonds is 15. The summed E-state index contributed by atoms with van der Waals surface area (Å²) in [6, 6.07) is 165. The molecule has 11 nitrogen and oxygen atoms in total. The summed E-state index contributed by atoms with van der Waals surface area (Å²) in [6.45, 7) is 0.